The second kappa shape index (κ2) is 8.30. The Hall–Kier alpha value is -2.94. The summed E-state index contributed by atoms with van der Waals surface area (Å²) < 4.78 is 27.5. The van der Waals surface area contributed by atoms with Crippen molar-refractivity contribution in [2.24, 2.45) is 0 Å². The fourth-order valence-corrected chi connectivity index (χ4v) is 4.34. The third-order valence-electron chi connectivity index (χ3n) is 6.44. The van der Waals surface area contributed by atoms with Gasteiger partial charge in [-0.3, -0.25) is 0 Å². The Bertz CT molecular complexity index is 1100. The van der Waals surface area contributed by atoms with Gasteiger partial charge in [0.05, 0.1) is 0 Å². The third kappa shape index (κ3) is 4.27. The summed E-state index contributed by atoms with van der Waals surface area (Å²) in [5, 5.41) is 0. The van der Waals surface area contributed by atoms with Crippen LogP contribution in [0, 0.1) is 18.6 Å². The van der Waals surface area contributed by atoms with E-state index in [0.29, 0.717) is 0 Å². The number of halogens is 2. The van der Waals surface area contributed by atoms with Crippen LogP contribution in [0.4, 0.5) is 14.5 Å². The normalized spacial score (nSPS) is 17.2. The lowest BCUT2D eigenvalue weighted by molar-refractivity contribution is 0.598. The van der Waals surface area contributed by atoms with Gasteiger partial charge in [-0.2, -0.15) is 0 Å². The fraction of sp³-hybridized carbons (Fsp3) is 0.286. The van der Waals surface area contributed by atoms with E-state index in [4.69, 9.17) is 0 Å². The van der Waals surface area contributed by atoms with E-state index in [1.807, 2.05) is 44.3 Å². The molecule has 0 unspecified atom stereocenters. The molecular weight excluding hydrogens is 388 g/mol. The zero-order valence-corrected chi connectivity index (χ0v) is 19.3. The second-order valence-electron chi connectivity index (χ2n) is 9.25. The average Bonchev–Trinajstić information content (AvgIpc) is 2.89. The Morgan fingerprint density at radius 1 is 1.00 bits per heavy atom. The Morgan fingerprint density at radius 2 is 1.65 bits per heavy atom. The van der Waals surface area contributed by atoms with Gasteiger partial charge < -0.3 is 4.90 Å². The number of fused-ring (bicyclic) bond motifs is 1. The summed E-state index contributed by atoms with van der Waals surface area (Å²) in [5.74, 6) is -0.448. The maximum absolute atomic E-state index is 13.8. The van der Waals surface area contributed by atoms with Crippen LogP contribution in [-0.2, 0) is 10.8 Å². The van der Waals surface area contributed by atoms with Crippen LogP contribution in [0.1, 0.15) is 44.4 Å². The van der Waals surface area contributed by atoms with Crippen molar-refractivity contribution in [3.05, 3.63) is 113 Å². The number of hydrogen-bond donors (Lipinski definition) is 0. The summed E-state index contributed by atoms with van der Waals surface area (Å²) in [4.78, 5) is 2.11. The number of benzene rings is 2. The molecule has 0 fully saturated rings. The van der Waals surface area contributed by atoms with Gasteiger partial charge in [0.1, 0.15) is 11.6 Å². The molecule has 3 heteroatoms. The van der Waals surface area contributed by atoms with Crippen LogP contribution in [0.3, 0.4) is 0 Å². The van der Waals surface area contributed by atoms with Crippen molar-refractivity contribution >= 4 is 5.69 Å². The van der Waals surface area contributed by atoms with Crippen LogP contribution in [0.5, 0.6) is 0 Å². The summed E-state index contributed by atoms with van der Waals surface area (Å²) in [6.07, 6.45) is 9.92. The number of anilines is 1. The largest absolute Gasteiger partial charge is 0.347 e. The van der Waals surface area contributed by atoms with E-state index in [0.717, 1.165) is 33.6 Å². The van der Waals surface area contributed by atoms with E-state index < -0.39 is 0 Å². The molecule has 1 nitrogen and oxygen atoms in total. The van der Waals surface area contributed by atoms with E-state index in [-0.39, 0.29) is 22.5 Å². The molecule has 2 aromatic rings. The number of hydrogen-bond acceptors (Lipinski definition) is 1. The maximum atomic E-state index is 13.8. The smallest absolute Gasteiger partial charge is 0.123 e. The van der Waals surface area contributed by atoms with Crippen molar-refractivity contribution in [3.63, 3.8) is 0 Å². The number of likely N-dealkylation sites (N-methyl/N-ethyl adjacent to an activating group) is 1. The Labute approximate surface area is 185 Å². The summed E-state index contributed by atoms with van der Waals surface area (Å²) in [6, 6.07) is 9.83. The molecule has 0 N–H and O–H groups in total. The molecule has 1 aliphatic rings. The molecule has 1 aliphatic heterocycles. The van der Waals surface area contributed by atoms with Crippen molar-refractivity contribution in [2.45, 2.75) is 45.4 Å². The summed E-state index contributed by atoms with van der Waals surface area (Å²) in [7, 11) is 2.01. The molecule has 0 amide bonds. The SMILES string of the molecule is C=C(/C=C/C=C/C=C1/N(C)c2ccc(F)cc2C1(C)C)C(C)(C)c1cc(F)ccc1C. The summed E-state index contributed by atoms with van der Waals surface area (Å²) >= 11 is 0. The molecule has 0 saturated heterocycles. The lowest BCUT2D eigenvalue weighted by atomic mass is 9.76. The zero-order valence-electron chi connectivity index (χ0n) is 19.3. The molecule has 2 aromatic carbocycles. The first-order chi connectivity index (χ1) is 14.5. The van der Waals surface area contributed by atoms with E-state index in [2.05, 4.69) is 45.2 Å². The van der Waals surface area contributed by atoms with Crippen LogP contribution in [-0.4, -0.2) is 7.05 Å². The van der Waals surface area contributed by atoms with Gasteiger partial charge in [-0.15, -0.1) is 0 Å². The van der Waals surface area contributed by atoms with Crippen LogP contribution in [0.2, 0.25) is 0 Å². The minimum Gasteiger partial charge on any atom is -0.347 e. The van der Waals surface area contributed by atoms with Crippen LogP contribution in [0.25, 0.3) is 0 Å². The zero-order chi connectivity index (χ0) is 23.0. The van der Waals surface area contributed by atoms with Crippen molar-refractivity contribution < 1.29 is 8.78 Å². The highest BCUT2D eigenvalue weighted by Crippen LogP contribution is 2.47. The summed E-state index contributed by atoms with van der Waals surface area (Å²) in [6.45, 7) is 14.5. The Balaban J connectivity index is 1.77. The van der Waals surface area contributed by atoms with Gasteiger partial charge in [0, 0.05) is 29.3 Å². The van der Waals surface area contributed by atoms with Gasteiger partial charge >= 0.3 is 0 Å². The number of aryl methyl sites for hydroxylation is 1. The Kier molecular flexibility index (Phi) is 6.09. The molecule has 162 valence electrons. The van der Waals surface area contributed by atoms with E-state index in [1.165, 1.54) is 12.1 Å². The molecule has 31 heavy (non-hydrogen) atoms. The maximum Gasteiger partial charge on any atom is 0.123 e. The molecule has 0 saturated carbocycles. The molecular formula is C28H31F2N. The standard InChI is InChI=1S/C28H31F2N/c1-19-13-14-21(29)17-23(19)27(3,4)20(2)11-9-8-10-12-26-28(5,6)24-18-22(30)15-16-25(24)31(26)7/h8-18H,2H2,1,3-7H3/b10-8+,11-9+,26-12+. The molecule has 0 radical (unpaired) electrons. The lowest BCUT2D eigenvalue weighted by Gasteiger charge is -2.28. The molecule has 0 aromatic heterocycles. The highest BCUT2D eigenvalue weighted by atomic mass is 19.1. The van der Waals surface area contributed by atoms with Gasteiger partial charge in [0.25, 0.3) is 0 Å². The second-order valence-corrected chi connectivity index (χ2v) is 9.25. The predicted molar refractivity (Wildman–Crippen MR) is 127 cm³/mol. The highest BCUT2D eigenvalue weighted by molar-refractivity contribution is 5.70. The lowest BCUT2D eigenvalue weighted by Crippen LogP contribution is -2.22. The molecule has 1 heterocycles. The first kappa shape index (κ1) is 22.7. The number of nitrogens with zero attached hydrogens (tertiary/aromatic N) is 1. The molecule has 0 atom stereocenters. The summed E-state index contributed by atoms with van der Waals surface area (Å²) in [5.41, 5.74) is 5.35. The Morgan fingerprint density at radius 3 is 2.35 bits per heavy atom. The minimum atomic E-state index is -0.381. The average molecular weight is 420 g/mol. The van der Waals surface area contributed by atoms with E-state index in [9.17, 15) is 8.78 Å². The van der Waals surface area contributed by atoms with Crippen LogP contribution in [0.15, 0.2) is 84.6 Å². The first-order valence-electron chi connectivity index (χ1n) is 10.5. The number of allylic oxidation sites excluding steroid dienone is 7. The van der Waals surface area contributed by atoms with Crippen molar-refractivity contribution in [3.8, 4) is 0 Å². The highest BCUT2D eigenvalue weighted by Gasteiger charge is 2.38. The first-order valence-corrected chi connectivity index (χ1v) is 10.5. The monoisotopic (exact) mass is 419 g/mol. The van der Waals surface area contributed by atoms with Crippen LogP contribution < -0.4 is 4.90 Å². The van der Waals surface area contributed by atoms with Gasteiger partial charge in [0.2, 0.25) is 0 Å². The quantitative estimate of drug-likeness (QED) is 0.453. The van der Waals surface area contributed by atoms with Gasteiger partial charge in [-0.1, -0.05) is 64.6 Å². The topological polar surface area (TPSA) is 3.24 Å². The predicted octanol–water partition coefficient (Wildman–Crippen LogP) is 7.53. The van der Waals surface area contributed by atoms with E-state index >= 15 is 0 Å². The van der Waals surface area contributed by atoms with Crippen molar-refractivity contribution in [1.82, 2.24) is 0 Å². The molecule has 0 bridgehead atoms. The van der Waals surface area contributed by atoms with Gasteiger partial charge in [-0.25, -0.2) is 8.78 Å². The van der Waals surface area contributed by atoms with Gasteiger partial charge in [-0.05, 0) is 65.6 Å². The van der Waals surface area contributed by atoms with Crippen molar-refractivity contribution in [1.29, 1.82) is 0 Å². The van der Waals surface area contributed by atoms with E-state index in [1.54, 1.807) is 18.2 Å². The molecule has 3 rings (SSSR count). The van der Waals surface area contributed by atoms with Crippen LogP contribution >= 0.6 is 0 Å². The number of rotatable bonds is 5. The van der Waals surface area contributed by atoms with Crippen molar-refractivity contribution in [2.75, 3.05) is 11.9 Å². The fourth-order valence-electron chi connectivity index (χ4n) is 4.34. The molecule has 0 spiro atoms. The molecule has 0 aliphatic carbocycles. The van der Waals surface area contributed by atoms with Gasteiger partial charge in [0.15, 0.2) is 0 Å². The minimum absolute atomic E-state index is 0.213. The third-order valence-corrected chi connectivity index (χ3v) is 6.44.